The molecule has 1 unspecified atom stereocenters. The lowest BCUT2D eigenvalue weighted by molar-refractivity contribution is 0.469. The van der Waals surface area contributed by atoms with Gasteiger partial charge in [-0.25, -0.2) is 13.4 Å². The van der Waals surface area contributed by atoms with E-state index in [-0.39, 0.29) is 10.9 Å². The zero-order valence-corrected chi connectivity index (χ0v) is 14.3. The van der Waals surface area contributed by atoms with Gasteiger partial charge in [0.25, 0.3) is 10.0 Å². The van der Waals surface area contributed by atoms with Crippen LogP contribution < -0.4 is 5.32 Å². The summed E-state index contributed by atoms with van der Waals surface area (Å²) in [4.78, 5) is 8.55. The molecule has 0 spiro atoms. The monoisotopic (exact) mass is 335 g/mol. The largest absolute Gasteiger partial charge is 0.388 e. The van der Waals surface area contributed by atoms with Crippen molar-refractivity contribution in [1.82, 2.24) is 18.8 Å². The van der Waals surface area contributed by atoms with E-state index in [0.29, 0.717) is 13.1 Å². The Labute approximate surface area is 136 Å². The second kappa shape index (κ2) is 5.93. The Morgan fingerprint density at radius 1 is 1.35 bits per heavy atom. The molecule has 8 heteroatoms. The van der Waals surface area contributed by atoms with Crippen molar-refractivity contribution in [3.8, 4) is 0 Å². The zero-order chi connectivity index (χ0) is 16.6. The number of nitrogens with one attached hydrogen (secondary N) is 1. The Hall–Kier alpha value is -1.93. The van der Waals surface area contributed by atoms with E-state index in [2.05, 4.69) is 15.3 Å². The molecule has 0 aliphatic carbocycles. The quantitative estimate of drug-likeness (QED) is 0.912. The summed E-state index contributed by atoms with van der Waals surface area (Å²) in [6, 6.07) is 3.97. The Morgan fingerprint density at radius 3 is 2.78 bits per heavy atom. The maximum absolute atomic E-state index is 12.6. The number of aryl methyl sites for hydroxylation is 2. The van der Waals surface area contributed by atoms with E-state index >= 15 is 0 Å². The smallest absolute Gasteiger partial charge is 0.262 e. The highest BCUT2D eigenvalue weighted by molar-refractivity contribution is 7.89. The highest BCUT2D eigenvalue weighted by atomic mass is 32.2. The number of aromatic nitrogens is 3. The summed E-state index contributed by atoms with van der Waals surface area (Å²) < 4.78 is 28.4. The molecule has 0 saturated carbocycles. The lowest BCUT2D eigenvalue weighted by Crippen LogP contribution is -2.29. The first-order valence-electron chi connectivity index (χ1n) is 7.54. The number of anilines is 1. The third kappa shape index (κ3) is 3.09. The lowest BCUT2D eigenvalue weighted by Gasteiger charge is -2.15. The van der Waals surface area contributed by atoms with E-state index in [9.17, 15) is 8.42 Å². The van der Waals surface area contributed by atoms with Crippen LogP contribution in [-0.2, 0) is 17.1 Å². The maximum atomic E-state index is 12.6. The average molecular weight is 335 g/mol. The molecule has 1 aliphatic heterocycles. The molecule has 1 N–H and O–H groups in total. The molecule has 0 aromatic carbocycles. The van der Waals surface area contributed by atoms with Gasteiger partial charge in [0.1, 0.15) is 0 Å². The molecule has 23 heavy (non-hydrogen) atoms. The van der Waals surface area contributed by atoms with Crippen LogP contribution in [0.1, 0.15) is 23.7 Å². The van der Waals surface area contributed by atoms with Crippen molar-refractivity contribution in [1.29, 1.82) is 0 Å². The molecular formula is C15H21N5O2S. The van der Waals surface area contributed by atoms with Crippen molar-refractivity contribution < 1.29 is 8.42 Å². The molecule has 124 valence electrons. The summed E-state index contributed by atoms with van der Waals surface area (Å²) in [5.74, 6) is 0.112. The normalized spacial score (nSPS) is 19.2. The van der Waals surface area contributed by atoms with E-state index in [1.54, 1.807) is 11.6 Å². The minimum Gasteiger partial charge on any atom is -0.388 e. The fourth-order valence-electron chi connectivity index (χ4n) is 2.89. The van der Waals surface area contributed by atoms with Crippen molar-refractivity contribution in [3.63, 3.8) is 0 Å². The Bertz CT molecular complexity index is 815. The predicted molar refractivity (Wildman–Crippen MR) is 87.8 cm³/mol. The van der Waals surface area contributed by atoms with Gasteiger partial charge in [-0.1, -0.05) is 0 Å². The third-order valence-corrected chi connectivity index (χ3v) is 5.87. The summed E-state index contributed by atoms with van der Waals surface area (Å²) in [5.41, 5.74) is 2.87. The SMILES string of the molecule is CNc1cc(C)nc(C2CCN(S(=O)(=O)c3cn(C)cn3)C2)c1. The van der Waals surface area contributed by atoms with Crippen LogP contribution in [0.3, 0.4) is 0 Å². The minimum absolute atomic E-state index is 0.105. The van der Waals surface area contributed by atoms with Crippen molar-refractivity contribution in [2.45, 2.75) is 24.3 Å². The molecule has 1 aliphatic rings. The highest BCUT2D eigenvalue weighted by Gasteiger charge is 2.35. The predicted octanol–water partition coefficient (Wildman–Crippen LogP) is 1.34. The number of hydrogen-bond donors (Lipinski definition) is 1. The summed E-state index contributed by atoms with van der Waals surface area (Å²) >= 11 is 0. The molecule has 1 fully saturated rings. The third-order valence-electron chi connectivity index (χ3n) is 4.12. The fraction of sp³-hybridized carbons (Fsp3) is 0.467. The van der Waals surface area contributed by atoms with Crippen LogP contribution in [0.5, 0.6) is 0 Å². The highest BCUT2D eigenvalue weighted by Crippen LogP contribution is 2.31. The molecule has 2 aromatic rings. The zero-order valence-electron chi connectivity index (χ0n) is 13.5. The van der Waals surface area contributed by atoms with Gasteiger partial charge in [0.2, 0.25) is 0 Å². The summed E-state index contributed by atoms with van der Waals surface area (Å²) in [7, 11) is 0.0982. The number of imidazole rings is 1. The molecule has 2 aromatic heterocycles. The summed E-state index contributed by atoms with van der Waals surface area (Å²) in [5, 5.41) is 3.22. The van der Waals surface area contributed by atoms with Crippen LogP contribution in [0.25, 0.3) is 0 Å². The Morgan fingerprint density at radius 2 is 2.13 bits per heavy atom. The molecule has 0 amide bonds. The van der Waals surface area contributed by atoms with Gasteiger partial charge in [-0.3, -0.25) is 4.98 Å². The van der Waals surface area contributed by atoms with Crippen LogP contribution in [0, 0.1) is 6.92 Å². The summed E-state index contributed by atoms with van der Waals surface area (Å²) in [6.45, 7) is 2.88. The van der Waals surface area contributed by atoms with Crippen LogP contribution >= 0.6 is 0 Å². The van der Waals surface area contributed by atoms with Gasteiger partial charge >= 0.3 is 0 Å². The number of hydrogen-bond acceptors (Lipinski definition) is 5. The first-order chi connectivity index (χ1) is 10.9. The standard InChI is InChI=1S/C15H21N5O2S/c1-11-6-13(16-2)7-14(18-11)12-4-5-20(8-12)23(21,22)15-9-19(3)10-17-15/h6-7,9-10,12H,4-5,8H2,1-3H3,(H,16,18). The number of sulfonamides is 1. The van der Waals surface area contributed by atoms with Crippen LogP contribution in [-0.4, -0.2) is 47.4 Å². The Balaban J connectivity index is 1.82. The van der Waals surface area contributed by atoms with Gasteiger partial charge in [-0.05, 0) is 25.5 Å². The van der Waals surface area contributed by atoms with Gasteiger partial charge in [0, 0.05) is 56.4 Å². The van der Waals surface area contributed by atoms with E-state index in [1.165, 1.54) is 16.8 Å². The van der Waals surface area contributed by atoms with Gasteiger partial charge in [0.05, 0.1) is 6.33 Å². The fourth-order valence-corrected chi connectivity index (χ4v) is 4.36. The van der Waals surface area contributed by atoms with E-state index in [4.69, 9.17) is 0 Å². The van der Waals surface area contributed by atoms with Crippen molar-refractivity contribution >= 4 is 15.7 Å². The molecule has 0 radical (unpaired) electrons. The van der Waals surface area contributed by atoms with E-state index < -0.39 is 10.0 Å². The van der Waals surface area contributed by atoms with Crippen molar-refractivity contribution in [2.75, 3.05) is 25.5 Å². The molecule has 3 rings (SSSR count). The molecule has 1 saturated heterocycles. The lowest BCUT2D eigenvalue weighted by atomic mass is 10.0. The number of pyridine rings is 1. The van der Waals surface area contributed by atoms with Gasteiger partial charge < -0.3 is 9.88 Å². The van der Waals surface area contributed by atoms with E-state index in [0.717, 1.165) is 23.5 Å². The molecule has 1 atom stereocenters. The first-order valence-corrected chi connectivity index (χ1v) is 8.98. The van der Waals surface area contributed by atoms with Crippen molar-refractivity contribution in [3.05, 3.63) is 36.0 Å². The topological polar surface area (TPSA) is 80.1 Å². The van der Waals surface area contributed by atoms with Crippen LogP contribution in [0.2, 0.25) is 0 Å². The minimum atomic E-state index is -3.53. The van der Waals surface area contributed by atoms with Crippen LogP contribution in [0.15, 0.2) is 29.7 Å². The van der Waals surface area contributed by atoms with Gasteiger partial charge in [-0.15, -0.1) is 0 Å². The first kappa shape index (κ1) is 15.9. The Kier molecular flexibility index (Phi) is 4.11. The summed E-state index contributed by atoms with van der Waals surface area (Å²) in [6.07, 6.45) is 3.81. The average Bonchev–Trinajstić information content (AvgIpc) is 3.16. The molecule has 3 heterocycles. The second-order valence-electron chi connectivity index (χ2n) is 5.90. The van der Waals surface area contributed by atoms with Gasteiger partial charge in [0.15, 0.2) is 5.03 Å². The van der Waals surface area contributed by atoms with E-state index in [1.807, 2.05) is 26.1 Å². The number of nitrogens with zero attached hydrogens (tertiary/aromatic N) is 4. The molecular weight excluding hydrogens is 314 g/mol. The van der Waals surface area contributed by atoms with Crippen LogP contribution in [0.4, 0.5) is 5.69 Å². The second-order valence-corrected chi connectivity index (χ2v) is 7.78. The molecule has 7 nitrogen and oxygen atoms in total. The molecule has 0 bridgehead atoms. The number of rotatable bonds is 4. The maximum Gasteiger partial charge on any atom is 0.262 e. The van der Waals surface area contributed by atoms with Crippen molar-refractivity contribution in [2.24, 2.45) is 7.05 Å². The van der Waals surface area contributed by atoms with Gasteiger partial charge in [-0.2, -0.15) is 4.31 Å².